The molecule has 3 amide bonds. The summed E-state index contributed by atoms with van der Waals surface area (Å²) in [6.45, 7) is 0.572. The molecular weight excluding hydrogens is 370 g/mol. The van der Waals surface area contributed by atoms with Crippen LogP contribution in [0.3, 0.4) is 0 Å². The average molecular weight is 389 g/mol. The first-order valence-corrected chi connectivity index (χ1v) is 9.69. The maximum Gasteiger partial charge on any atom is 0.312 e. The molecule has 1 aromatic heterocycles. The van der Waals surface area contributed by atoms with E-state index in [1.165, 1.54) is 6.20 Å². The van der Waals surface area contributed by atoms with Crippen molar-refractivity contribution in [1.29, 1.82) is 0 Å². The molecule has 0 atom stereocenters. The van der Waals surface area contributed by atoms with Gasteiger partial charge >= 0.3 is 6.03 Å². The van der Waals surface area contributed by atoms with Gasteiger partial charge in [0.05, 0.1) is 23.3 Å². The number of aromatic nitrogens is 1. The van der Waals surface area contributed by atoms with Gasteiger partial charge < -0.3 is 16.0 Å². The standard InChI is InChI=1S/C17H19N5O4S/c18-17(24)20-10-16(23)22-7-5-12-3-4-15(8-13(12)11-22)27(25,26)21-14-2-1-6-19-9-14/h1-4,6,8-9,21H,5,7,10-11H2,(H3,18,20,24). The van der Waals surface area contributed by atoms with Crippen molar-refractivity contribution in [2.75, 3.05) is 17.8 Å². The van der Waals surface area contributed by atoms with E-state index >= 15 is 0 Å². The second-order valence-electron chi connectivity index (χ2n) is 6.06. The van der Waals surface area contributed by atoms with Gasteiger partial charge in [0.15, 0.2) is 0 Å². The molecule has 0 fully saturated rings. The Kier molecular flexibility index (Phi) is 5.26. The normalized spacial score (nSPS) is 13.6. The number of sulfonamides is 1. The number of nitrogens with two attached hydrogens (primary N) is 1. The van der Waals surface area contributed by atoms with Gasteiger partial charge in [-0.3, -0.25) is 14.5 Å². The minimum Gasteiger partial charge on any atom is -0.352 e. The van der Waals surface area contributed by atoms with E-state index in [1.54, 1.807) is 41.4 Å². The first-order valence-electron chi connectivity index (χ1n) is 8.21. The van der Waals surface area contributed by atoms with Crippen molar-refractivity contribution >= 4 is 27.6 Å². The molecule has 0 unspecified atom stereocenters. The number of urea groups is 1. The molecule has 0 spiro atoms. The summed E-state index contributed by atoms with van der Waals surface area (Å²) < 4.78 is 27.7. The van der Waals surface area contributed by atoms with Gasteiger partial charge in [0.2, 0.25) is 5.91 Å². The molecule has 10 heteroatoms. The van der Waals surface area contributed by atoms with Crippen molar-refractivity contribution in [3.05, 3.63) is 53.9 Å². The summed E-state index contributed by atoms with van der Waals surface area (Å²) >= 11 is 0. The van der Waals surface area contributed by atoms with E-state index in [0.717, 1.165) is 11.1 Å². The summed E-state index contributed by atoms with van der Waals surface area (Å²) in [6.07, 6.45) is 3.57. The monoisotopic (exact) mass is 389 g/mol. The van der Waals surface area contributed by atoms with E-state index < -0.39 is 16.1 Å². The molecular formula is C17H19N5O4S. The van der Waals surface area contributed by atoms with Crippen LogP contribution in [0.1, 0.15) is 11.1 Å². The van der Waals surface area contributed by atoms with Crippen molar-refractivity contribution in [3.8, 4) is 0 Å². The Hall–Kier alpha value is -3.14. The SMILES string of the molecule is NC(=O)NCC(=O)N1CCc2ccc(S(=O)(=O)Nc3cccnc3)cc2C1. The van der Waals surface area contributed by atoms with Crippen LogP contribution in [-0.2, 0) is 27.8 Å². The van der Waals surface area contributed by atoms with E-state index in [-0.39, 0.29) is 23.9 Å². The van der Waals surface area contributed by atoms with Crippen LogP contribution in [0.15, 0.2) is 47.6 Å². The Morgan fingerprint density at radius 2 is 2.04 bits per heavy atom. The zero-order valence-corrected chi connectivity index (χ0v) is 15.2. The van der Waals surface area contributed by atoms with E-state index in [1.807, 2.05) is 0 Å². The summed E-state index contributed by atoms with van der Waals surface area (Å²) in [5.41, 5.74) is 7.09. The van der Waals surface area contributed by atoms with Gasteiger partial charge in [0.1, 0.15) is 0 Å². The number of fused-ring (bicyclic) bond motifs is 1. The molecule has 4 N–H and O–H groups in total. The average Bonchev–Trinajstić information content (AvgIpc) is 2.65. The van der Waals surface area contributed by atoms with Crippen molar-refractivity contribution in [3.63, 3.8) is 0 Å². The van der Waals surface area contributed by atoms with Crippen LogP contribution in [0.4, 0.5) is 10.5 Å². The molecule has 142 valence electrons. The Morgan fingerprint density at radius 3 is 2.74 bits per heavy atom. The number of hydrogen-bond donors (Lipinski definition) is 3. The van der Waals surface area contributed by atoms with Crippen molar-refractivity contribution < 1.29 is 18.0 Å². The third-order valence-corrected chi connectivity index (χ3v) is 5.56. The first-order chi connectivity index (χ1) is 12.8. The minimum absolute atomic E-state index is 0.106. The Labute approximate surface area is 156 Å². The van der Waals surface area contributed by atoms with Crippen molar-refractivity contribution in [2.24, 2.45) is 5.73 Å². The van der Waals surface area contributed by atoms with Gasteiger partial charge in [-0.25, -0.2) is 13.2 Å². The lowest BCUT2D eigenvalue weighted by atomic mass is 10.00. The molecule has 1 aliphatic heterocycles. The van der Waals surface area contributed by atoms with Gasteiger partial charge in [-0.1, -0.05) is 6.07 Å². The summed E-state index contributed by atoms with van der Waals surface area (Å²) in [4.78, 5) is 28.5. The number of nitrogens with one attached hydrogen (secondary N) is 2. The highest BCUT2D eigenvalue weighted by Gasteiger charge is 2.23. The largest absolute Gasteiger partial charge is 0.352 e. The predicted molar refractivity (Wildman–Crippen MR) is 98.2 cm³/mol. The lowest BCUT2D eigenvalue weighted by molar-refractivity contribution is -0.130. The zero-order chi connectivity index (χ0) is 19.4. The molecule has 0 saturated heterocycles. The summed E-state index contributed by atoms with van der Waals surface area (Å²) in [6, 6.07) is 7.34. The highest BCUT2D eigenvalue weighted by molar-refractivity contribution is 7.92. The van der Waals surface area contributed by atoms with Crippen LogP contribution < -0.4 is 15.8 Å². The van der Waals surface area contributed by atoms with Crippen LogP contribution >= 0.6 is 0 Å². The number of nitrogens with zero attached hydrogens (tertiary/aromatic N) is 2. The van der Waals surface area contributed by atoms with E-state index in [4.69, 9.17) is 5.73 Å². The number of carbonyl (C=O) groups excluding carboxylic acids is 2. The minimum atomic E-state index is -3.77. The number of benzene rings is 1. The zero-order valence-electron chi connectivity index (χ0n) is 14.4. The third kappa shape index (κ3) is 4.53. The molecule has 27 heavy (non-hydrogen) atoms. The van der Waals surface area contributed by atoms with E-state index in [2.05, 4.69) is 15.0 Å². The van der Waals surface area contributed by atoms with Crippen LogP contribution in [0.5, 0.6) is 0 Å². The number of hydrogen-bond acceptors (Lipinski definition) is 5. The Bertz CT molecular complexity index is 963. The molecule has 2 heterocycles. The van der Waals surface area contributed by atoms with Gasteiger partial charge in [0.25, 0.3) is 10.0 Å². The highest BCUT2D eigenvalue weighted by atomic mass is 32.2. The molecule has 0 bridgehead atoms. The van der Waals surface area contributed by atoms with Gasteiger partial charge in [-0.15, -0.1) is 0 Å². The van der Waals surface area contributed by atoms with Crippen molar-refractivity contribution in [1.82, 2.24) is 15.2 Å². The molecule has 2 aromatic rings. The maximum absolute atomic E-state index is 12.6. The molecule has 1 aliphatic rings. The third-order valence-electron chi connectivity index (χ3n) is 4.18. The second-order valence-corrected chi connectivity index (χ2v) is 7.74. The molecule has 1 aromatic carbocycles. The lowest BCUT2D eigenvalue weighted by Crippen LogP contribution is -2.43. The first kappa shape index (κ1) is 18.6. The molecule has 0 saturated carbocycles. The number of carbonyl (C=O) groups is 2. The number of anilines is 1. The number of rotatable bonds is 5. The van der Waals surface area contributed by atoms with Gasteiger partial charge in [-0.2, -0.15) is 0 Å². The Morgan fingerprint density at radius 1 is 1.22 bits per heavy atom. The summed E-state index contributed by atoms with van der Waals surface area (Å²) in [7, 11) is -3.77. The van der Waals surface area contributed by atoms with Crippen molar-refractivity contribution in [2.45, 2.75) is 17.9 Å². The second kappa shape index (κ2) is 7.62. The number of primary amides is 1. The molecule has 3 rings (SSSR count). The topological polar surface area (TPSA) is 134 Å². The van der Waals surface area contributed by atoms with Crippen LogP contribution in [0, 0.1) is 0 Å². The van der Waals surface area contributed by atoms with Crippen LogP contribution in [0.25, 0.3) is 0 Å². The highest BCUT2D eigenvalue weighted by Crippen LogP contribution is 2.24. The molecule has 0 aliphatic carbocycles. The summed E-state index contributed by atoms with van der Waals surface area (Å²) in [5.74, 6) is -0.277. The van der Waals surface area contributed by atoms with Crippen LogP contribution in [0.2, 0.25) is 0 Å². The van der Waals surface area contributed by atoms with Gasteiger partial charge in [0, 0.05) is 19.3 Å². The fourth-order valence-corrected chi connectivity index (χ4v) is 3.92. The van der Waals surface area contributed by atoms with Crippen LogP contribution in [-0.4, -0.2) is 43.3 Å². The Balaban J connectivity index is 1.77. The molecule has 0 radical (unpaired) electrons. The smallest absolute Gasteiger partial charge is 0.312 e. The van der Waals surface area contributed by atoms with Gasteiger partial charge in [-0.05, 0) is 41.8 Å². The number of pyridine rings is 1. The fraction of sp³-hybridized carbons (Fsp3) is 0.235. The fourth-order valence-electron chi connectivity index (χ4n) is 2.83. The molecule has 9 nitrogen and oxygen atoms in total. The maximum atomic E-state index is 12.6. The number of amides is 3. The van der Waals surface area contributed by atoms with E-state index in [0.29, 0.717) is 18.7 Å². The van der Waals surface area contributed by atoms with E-state index in [9.17, 15) is 18.0 Å². The summed E-state index contributed by atoms with van der Waals surface area (Å²) in [5, 5.41) is 2.27. The predicted octanol–water partition coefficient (Wildman–Crippen LogP) is 0.435. The quantitative estimate of drug-likeness (QED) is 0.682. The lowest BCUT2D eigenvalue weighted by Gasteiger charge is -2.29.